The summed E-state index contributed by atoms with van der Waals surface area (Å²) in [6.07, 6.45) is 4.33. The maximum Gasteiger partial charge on any atom is 0.223 e. The standard InChI is InChI=1S/C13H17NO2/c1-3-9-14-11(5-4-6-13(14)15)12-8-7-10(2)16-12/h3,7-8,11H,1,4-6,9H2,2H3. The predicted molar refractivity (Wildman–Crippen MR) is 61.9 cm³/mol. The van der Waals surface area contributed by atoms with Crippen molar-refractivity contribution in [1.82, 2.24) is 4.90 Å². The second-order valence-corrected chi connectivity index (χ2v) is 4.19. The maximum absolute atomic E-state index is 11.8. The Morgan fingerprint density at radius 1 is 1.62 bits per heavy atom. The average Bonchev–Trinajstić information content (AvgIpc) is 2.68. The molecule has 86 valence electrons. The van der Waals surface area contributed by atoms with Gasteiger partial charge in [-0.2, -0.15) is 0 Å². The summed E-state index contributed by atoms with van der Waals surface area (Å²) in [6.45, 7) is 6.22. The Kier molecular flexibility index (Phi) is 3.13. The molecule has 2 rings (SSSR count). The van der Waals surface area contributed by atoms with E-state index in [9.17, 15) is 4.79 Å². The highest BCUT2D eigenvalue weighted by atomic mass is 16.3. The molecule has 1 aromatic heterocycles. The van der Waals surface area contributed by atoms with Gasteiger partial charge < -0.3 is 9.32 Å². The van der Waals surface area contributed by atoms with Gasteiger partial charge in [0.25, 0.3) is 0 Å². The molecule has 1 atom stereocenters. The van der Waals surface area contributed by atoms with E-state index in [1.807, 2.05) is 24.0 Å². The largest absolute Gasteiger partial charge is 0.464 e. The van der Waals surface area contributed by atoms with Crippen LogP contribution in [-0.4, -0.2) is 17.4 Å². The highest BCUT2D eigenvalue weighted by Gasteiger charge is 2.30. The first-order chi connectivity index (χ1) is 7.72. The van der Waals surface area contributed by atoms with Crippen LogP contribution in [0.2, 0.25) is 0 Å². The van der Waals surface area contributed by atoms with Gasteiger partial charge in [0.05, 0.1) is 6.04 Å². The van der Waals surface area contributed by atoms with E-state index in [1.54, 1.807) is 6.08 Å². The zero-order valence-corrected chi connectivity index (χ0v) is 9.61. The van der Waals surface area contributed by atoms with Gasteiger partial charge in [-0.25, -0.2) is 0 Å². The van der Waals surface area contributed by atoms with Gasteiger partial charge in [-0.15, -0.1) is 6.58 Å². The van der Waals surface area contributed by atoms with Crippen LogP contribution in [0.5, 0.6) is 0 Å². The third kappa shape index (κ3) is 2.03. The minimum Gasteiger partial charge on any atom is -0.464 e. The Morgan fingerprint density at radius 3 is 3.06 bits per heavy atom. The van der Waals surface area contributed by atoms with E-state index in [2.05, 4.69) is 6.58 Å². The summed E-state index contributed by atoms with van der Waals surface area (Å²) in [5, 5.41) is 0. The van der Waals surface area contributed by atoms with E-state index < -0.39 is 0 Å². The molecular weight excluding hydrogens is 202 g/mol. The minimum atomic E-state index is 0.0907. The molecule has 16 heavy (non-hydrogen) atoms. The summed E-state index contributed by atoms with van der Waals surface area (Å²) in [4.78, 5) is 13.7. The molecule has 0 saturated carbocycles. The first-order valence-electron chi connectivity index (χ1n) is 5.69. The normalized spacial score (nSPS) is 21.2. The highest BCUT2D eigenvalue weighted by molar-refractivity contribution is 5.77. The Balaban J connectivity index is 2.22. The summed E-state index contributed by atoms with van der Waals surface area (Å²) in [6, 6.07) is 4.00. The summed E-state index contributed by atoms with van der Waals surface area (Å²) >= 11 is 0. The van der Waals surface area contributed by atoms with E-state index in [-0.39, 0.29) is 11.9 Å². The van der Waals surface area contributed by atoms with Crippen LogP contribution in [0.15, 0.2) is 29.2 Å². The molecule has 1 unspecified atom stereocenters. The van der Waals surface area contributed by atoms with Gasteiger partial charge in [-0.05, 0) is 31.9 Å². The van der Waals surface area contributed by atoms with Crippen LogP contribution in [0.4, 0.5) is 0 Å². The zero-order valence-electron chi connectivity index (χ0n) is 9.61. The Morgan fingerprint density at radius 2 is 2.44 bits per heavy atom. The van der Waals surface area contributed by atoms with Gasteiger partial charge >= 0.3 is 0 Å². The lowest BCUT2D eigenvalue weighted by molar-refractivity contribution is -0.136. The van der Waals surface area contributed by atoms with Crippen molar-refractivity contribution in [2.45, 2.75) is 32.2 Å². The van der Waals surface area contributed by atoms with Gasteiger partial charge in [-0.1, -0.05) is 6.08 Å². The number of amides is 1. The molecule has 3 nitrogen and oxygen atoms in total. The van der Waals surface area contributed by atoms with Crippen LogP contribution in [0.25, 0.3) is 0 Å². The molecule has 1 saturated heterocycles. The Labute approximate surface area is 95.7 Å². The number of hydrogen-bond acceptors (Lipinski definition) is 2. The number of carbonyl (C=O) groups is 1. The first-order valence-corrected chi connectivity index (χ1v) is 5.69. The quantitative estimate of drug-likeness (QED) is 0.732. The number of carbonyl (C=O) groups excluding carboxylic acids is 1. The summed E-state index contributed by atoms with van der Waals surface area (Å²) in [5.41, 5.74) is 0. The van der Waals surface area contributed by atoms with Crippen LogP contribution in [0, 0.1) is 6.92 Å². The van der Waals surface area contributed by atoms with Gasteiger partial charge in [-0.3, -0.25) is 4.79 Å². The first kappa shape index (κ1) is 11.0. The topological polar surface area (TPSA) is 33.5 Å². The summed E-state index contributed by atoms with van der Waals surface area (Å²) in [5.74, 6) is 1.99. The Hall–Kier alpha value is -1.51. The maximum atomic E-state index is 11.8. The summed E-state index contributed by atoms with van der Waals surface area (Å²) < 4.78 is 5.62. The number of likely N-dealkylation sites (tertiary alicyclic amines) is 1. The van der Waals surface area contributed by atoms with E-state index in [1.165, 1.54) is 0 Å². The van der Waals surface area contributed by atoms with Crippen LogP contribution in [0.3, 0.4) is 0 Å². The van der Waals surface area contributed by atoms with Crippen LogP contribution in [-0.2, 0) is 4.79 Å². The third-order valence-corrected chi connectivity index (χ3v) is 2.98. The smallest absolute Gasteiger partial charge is 0.223 e. The third-order valence-electron chi connectivity index (χ3n) is 2.98. The second kappa shape index (κ2) is 4.56. The fraction of sp³-hybridized carbons (Fsp3) is 0.462. The number of aryl methyl sites for hydroxylation is 1. The van der Waals surface area contributed by atoms with E-state index in [0.717, 1.165) is 24.4 Å². The zero-order chi connectivity index (χ0) is 11.5. The highest BCUT2D eigenvalue weighted by Crippen LogP contribution is 2.32. The average molecular weight is 219 g/mol. The van der Waals surface area contributed by atoms with Crippen molar-refractivity contribution in [3.8, 4) is 0 Å². The molecule has 0 radical (unpaired) electrons. The molecule has 1 aromatic rings. The molecule has 1 amide bonds. The van der Waals surface area contributed by atoms with Crippen LogP contribution >= 0.6 is 0 Å². The molecule has 0 spiro atoms. The van der Waals surface area contributed by atoms with Crippen LogP contribution < -0.4 is 0 Å². The van der Waals surface area contributed by atoms with Gasteiger partial charge in [0.15, 0.2) is 0 Å². The molecule has 2 heterocycles. The van der Waals surface area contributed by atoms with E-state index in [4.69, 9.17) is 4.42 Å². The van der Waals surface area contributed by atoms with Crippen molar-refractivity contribution in [1.29, 1.82) is 0 Å². The molecule has 0 aromatic carbocycles. The molecule has 0 N–H and O–H groups in total. The molecule has 1 aliphatic rings. The van der Waals surface area contributed by atoms with Crippen LogP contribution in [0.1, 0.15) is 36.8 Å². The SMILES string of the molecule is C=CCN1C(=O)CCCC1c1ccc(C)o1. The number of nitrogens with zero attached hydrogens (tertiary/aromatic N) is 1. The van der Waals surface area contributed by atoms with E-state index >= 15 is 0 Å². The van der Waals surface area contributed by atoms with E-state index in [0.29, 0.717) is 13.0 Å². The number of hydrogen-bond donors (Lipinski definition) is 0. The van der Waals surface area contributed by atoms with Gasteiger partial charge in [0, 0.05) is 13.0 Å². The second-order valence-electron chi connectivity index (χ2n) is 4.19. The summed E-state index contributed by atoms with van der Waals surface area (Å²) in [7, 11) is 0. The van der Waals surface area contributed by atoms with Crippen molar-refractivity contribution >= 4 is 5.91 Å². The van der Waals surface area contributed by atoms with Crippen molar-refractivity contribution in [2.75, 3.05) is 6.54 Å². The van der Waals surface area contributed by atoms with Gasteiger partial charge in [0.1, 0.15) is 11.5 Å². The Bertz CT molecular complexity index is 394. The number of piperidine rings is 1. The monoisotopic (exact) mass is 219 g/mol. The fourth-order valence-electron chi connectivity index (χ4n) is 2.22. The van der Waals surface area contributed by atoms with Crippen molar-refractivity contribution < 1.29 is 9.21 Å². The lowest BCUT2D eigenvalue weighted by Gasteiger charge is -2.33. The number of rotatable bonds is 3. The lowest BCUT2D eigenvalue weighted by Crippen LogP contribution is -2.38. The predicted octanol–water partition coefficient (Wildman–Crippen LogP) is 2.83. The molecule has 1 fully saturated rings. The molecule has 3 heteroatoms. The fourth-order valence-corrected chi connectivity index (χ4v) is 2.22. The molecule has 0 bridgehead atoms. The van der Waals surface area contributed by atoms with Gasteiger partial charge in [0.2, 0.25) is 5.91 Å². The minimum absolute atomic E-state index is 0.0907. The molecule has 0 aliphatic carbocycles. The number of furan rings is 1. The lowest BCUT2D eigenvalue weighted by atomic mass is 9.99. The van der Waals surface area contributed by atoms with Crippen molar-refractivity contribution in [2.24, 2.45) is 0 Å². The molecular formula is C13H17NO2. The van der Waals surface area contributed by atoms with Crippen molar-refractivity contribution in [3.63, 3.8) is 0 Å². The van der Waals surface area contributed by atoms with Crippen molar-refractivity contribution in [3.05, 3.63) is 36.3 Å². The molecule has 1 aliphatic heterocycles.